The zero-order chi connectivity index (χ0) is 21.1. The van der Waals surface area contributed by atoms with Gasteiger partial charge in [-0.2, -0.15) is 0 Å². The van der Waals surface area contributed by atoms with E-state index < -0.39 is 18.0 Å². The molecule has 2 aromatic heterocycles. The smallest absolute Gasteiger partial charge is 0.348 e. The molecule has 152 valence electrons. The second kappa shape index (κ2) is 8.57. The highest BCUT2D eigenvalue weighted by Gasteiger charge is 2.22. The molecule has 1 atom stereocenters. The standard InChI is InChI=1S/C21H22N2O5S/c1-5-27-21(26)17-12(3)16-19(25)22-18(23-20(16)29-17)13(4)28-15(24)10-14-9-7-6-8-11(14)2/h6-9,13H,5,10H2,1-4H3,(H,22,23,25)/t13-/m0/s1. The number of hydrogen-bond acceptors (Lipinski definition) is 7. The molecule has 0 aliphatic rings. The third-order valence-corrected chi connectivity index (χ3v) is 5.73. The molecule has 29 heavy (non-hydrogen) atoms. The summed E-state index contributed by atoms with van der Waals surface area (Å²) in [7, 11) is 0. The molecule has 2 heterocycles. The monoisotopic (exact) mass is 414 g/mol. The fourth-order valence-electron chi connectivity index (χ4n) is 3.00. The predicted molar refractivity (Wildman–Crippen MR) is 110 cm³/mol. The van der Waals surface area contributed by atoms with Crippen molar-refractivity contribution in [1.82, 2.24) is 9.97 Å². The summed E-state index contributed by atoms with van der Waals surface area (Å²) in [4.78, 5) is 44.8. The summed E-state index contributed by atoms with van der Waals surface area (Å²) in [6.07, 6.45) is -0.605. The maximum absolute atomic E-state index is 12.6. The lowest BCUT2D eigenvalue weighted by Crippen LogP contribution is -2.18. The van der Waals surface area contributed by atoms with E-state index in [4.69, 9.17) is 9.47 Å². The van der Waals surface area contributed by atoms with Gasteiger partial charge in [-0.15, -0.1) is 11.3 Å². The Hall–Kier alpha value is -3.00. The van der Waals surface area contributed by atoms with Crippen molar-refractivity contribution in [2.75, 3.05) is 6.61 Å². The number of nitrogens with one attached hydrogen (secondary N) is 1. The highest BCUT2D eigenvalue weighted by molar-refractivity contribution is 7.20. The average Bonchev–Trinajstić information content (AvgIpc) is 3.01. The van der Waals surface area contributed by atoms with Gasteiger partial charge in [0.25, 0.3) is 5.56 Å². The molecular weight excluding hydrogens is 392 g/mol. The van der Waals surface area contributed by atoms with Gasteiger partial charge in [-0.1, -0.05) is 24.3 Å². The van der Waals surface area contributed by atoms with Crippen molar-refractivity contribution in [2.24, 2.45) is 0 Å². The Morgan fingerprint density at radius 2 is 1.97 bits per heavy atom. The lowest BCUT2D eigenvalue weighted by Gasteiger charge is -2.13. The summed E-state index contributed by atoms with van der Waals surface area (Å²) in [6.45, 7) is 7.23. The number of aromatic amines is 1. The summed E-state index contributed by atoms with van der Waals surface area (Å²) < 4.78 is 10.5. The number of rotatable bonds is 6. The molecule has 0 radical (unpaired) electrons. The van der Waals surface area contributed by atoms with Crippen molar-refractivity contribution in [1.29, 1.82) is 0 Å². The van der Waals surface area contributed by atoms with Crippen LogP contribution in [0.15, 0.2) is 29.1 Å². The lowest BCUT2D eigenvalue weighted by molar-refractivity contribution is -0.148. The van der Waals surface area contributed by atoms with E-state index in [9.17, 15) is 14.4 Å². The van der Waals surface area contributed by atoms with Gasteiger partial charge < -0.3 is 14.5 Å². The third kappa shape index (κ3) is 4.37. The van der Waals surface area contributed by atoms with E-state index in [-0.39, 0.29) is 24.4 Å². The van der Waals surface area contributed by atoms with E-state index in [1.807, 2.05) is 31.2 Å². The second-order valence-corrected chi connectivity index (χ2v) is 7.64. The Morgan fingerprint density at radius 3 is 2.66 bits per heavy atom. The van der Waals surface area contributed by atoms with Crippen LogP contribution in [0.3, 0.4) is 0 Å². The number of carbonyl (C=O) groups excluding carboxylic acids is 2. The van der Waals surface area contributed by atoms with Crippen LogP contribution in [-0.2, 0) is 20.7 Å². The number of H-pyrrole nitrogens is 1. The maximum atomic E-state index is 12.6. The Bertz CT molecular complexity index is 1130. The first-order valence-corrected chi connectivity index (χ1v) is 10.1. The fourth-order valence-corrected chi connectivity index (χ4v) is 4.09. The number of fused-ring (bicyclic) bond motifs is 1. The minimum atomic E-state index is -0.739. The first-order chi connectivity index (χ1) is 13.8. The molecule has 3 aromatic rings. The largest absolute Gasteiger partial charge is 0.462 e. The van der Waals surface area contributed by atoms with Gasteiger partial charge in [-0.05, 0) is 44.4 Å². The highest BCUT2D eigenvalue weighted by atomic mass is 32.1. The van der Waals surface area contributed by atoms with Crippen molar-refractivity contribution < 1.29 is 19.1 Å². The Labute approximate surface area is 171 Å². The first kappa shape index (κ1) is 20.7. The summed E-state index contributed by atoms with van der Waals surface area (Å²) in [6, 6.07) is 7.58. The third-order valence-electron chi connectivity index (χ3n) is 4.57. The highest BCUT2D eigenvalue weighted by Crippen LogP contribution is 2.28. The van der Waals surface area contributed by atoms with E-state index in [1.165, 1.54) is 0 Å². The van der Waals surface area contributed by atoms with Crippen LogP contribution in [0.1, 0.15) is 52.1 Å². The molecule has 0 fully saturated rings. The number of benzene rings is 1. The fraction of sp³-hybridized carbons (Fsp3) is 0.333. The Morgan fingerprint density at radius 1 is 1.24 bits per heavy atom. The Balaban J connectivity index is 1.84. The van der Waals surface area contributed by atoms with Crippen LogP contribution in [0.25, 0.3) is 10.2 Å². The molecule has 0 saturated carbocycles. The summed E-state index contributed by atoms with van der Waals surface area (Å²) in [5.74, 6) is -0.659. The zero-order valence-corrected chi connectivity index (χ0v) is 17.5. The first-order valence-electron chi connectivity index (χ1n) is 9.26. The van der Waals surface area contributed by atoms with E-state index >= 15 is 0 Å². The number of carbonyl (C=O) groups is 2. The number of esters is 2. The van der Waals surface area contributed by atoms with E-state index in [2.05, 4.69) is 9.97 Å². The van der Waals surface area contributed by atoms with Gasteiger partial charge in [0, 0.05) is 0 Å². The van der Waals surface area contributed by atoms with Crippen LogP contribution in [0.4, 0.5) is 0 Å². The van der Waals surface area contributed by atoms with Crippen molar-refractivity contribution in [3.05, 3.63) is 62.0 Å². The van der Waals surface area contributed by atoms with Crippen LogP contribution < -0.4 is 5.56 Å². The van der Waals surface area contributed by atoms with Gasteiger partial charge in [0.2, 0.25) is 0 Å². The molecule has 0 aliphatic heterocycles. The summed E-state index contributed by atoms with van der Waals surface area (Å²) in [5.41, 5.74) is 2.05. The van der Waals surface area contributed by atoms with Crippen molar-refractivity contribution in [3.63, 3.8) is 0 Å². The predicted octanol–water partition coefficient (Wildman–Crippen LogP) is 3.63. The second-order valence-electron chi connectivity index (χ2n) is 6.64. The van der Waals surface area contributed by atoms with E-state index in [1.54, 1.807) is 20.8 Å². The SMILES string of the molecule is CCOC(=O)c1sc2nc([C@H](C)OC(=O)Cc3ccccc3C)[nH]c(=O)c2c1C. The van der Waals surface area contributed by atoms with Gasteiger partial charge >= 0.3 is 11.9 Å². The van der Waals surface area contributed by atoms with Crippen LogP contribution in [-0.4, -0.2) is 28.5 Å². The maximum Gasteiger partial charge on any atom is 0.348 e. The number of hydrogen-bond donors (Lipinski definition) is 1. The van der Waals surface area contributed by atoms with E-state index in [0.29, 0.717) is 20.7 Å². The summed E-state index contributed by atoms with van der Waals surface area (Å²) >= 11 is 1.10. The van der Waals surface area contributed by atoms with Gasteiger partial charge in [-0.25, -0.2) is 9.78 Å². The summed E-state index contributed by atoms with van der Waals surface area (Å²) in [5, 5.41) is 0.347. The molecule has 1 N–H and O–H groups in total. The van der Waals surface area contributed by atoms with Crippen LogP contribution in [0.5, 0.6) is 0 Å². The molecule has 0 bridgehead atoms. The zero-order valence-electron chi connectivity index (χ0n) is 16.7. The molecule has 0 saturated heterocycles. The number of ether oxygens (including phenoxy) is 2. The van der Waals surface area contributed by atoms with Crippen molar-refractivity contribution >= 4 is 33.5 Å². The molecule has 8 heteroatoms. The number of nitrogens with zero attached hydrogens (tertiary/aromatic N) is 1. The molecule has 0 spiro atoms. The van der Waals surface area contributed by atoms with Crippen molar-refractivity contribution in [3.8, 4) is 0 Å². The quantitative estimate of drug-likeness (QED) is 0.619. The molecule has 1 aromatic carbocycles. The van der Waals surface area contributed by atoms with Crippen LogP contribution in [0, 0.1) is 13.8 Å². The molecule has 0 unspecified atom stereocenters. The Kier molecular flexibility index (Phi) is 6.12. The topological polar surface area (TPSA) is 98.3 Å². The van der Waals surface area contributed by atoms with E-state index in [0.717, 1.165) is 22.5 Å². The average molecular weight is 414 g/mol. The number of thiophene rings is 1. The van der Waals surface area contributed by atoms with Crippen LogP contribution in [0.2, 0.25) is 0 Å². The minimum Gasteiger partial charge on any atom is -0.462 e. The molecule has 7 nitrogen and oxygen atoms in total. The van der Waals surface area contributed by atoms with Crippen LogP contribution >= 0.6 is 11.3 Å². The van der Waals surface area contributed by atoms with Gasteiger partial charge in [0.05, 0.1) is 18.4 Å². The lowest BCUT2D eigenvalue weighted by atomic mass is 10.1. The molecular formula is C21H22N2O5S. The molecule has 3 rings (SSSR count). The van der Waals surface area contributed by atoms with Gasteiger partial charge in [0.15, 0.2) is 11.9 Å². The van der Waals surface area contributed by atoms with Gasteiger partial charge in [-0.3, -0.25) is 9.59 Å². The molecule has 0 aliphatic carbocycles. The number of aryl methyl sites for hydroxylation is 2. The molecule has 0 amide bonds. The minimum absolute atomic E-state index is 0.134. The normalized spacial score (nSPS) is 12.0. The van der Waals surface area contributed by atoms with Crippen molar-refractivity contribution in [2.45, 2.75) is 40.2 Å². The van der Waals surface area contributed by atoms with Gasteiger partial charge in [0.1, 0.15) is 9.71 Å². The number of aromatic nitrogens is 2.